The Bertz CT molecular complexity index is 995. The number of benzene rings is 2. The molecule has 0 aliphatic carbocycles. The van der Waals surface area contributed by atoms with Crippen molar-refractivity contribution in [1.29, 1.82) is 0 Å². The topological polar surface area (TPSA) is 81.2 Å². The summed E-state index contributed by atoms with van der Waals surface area (Å²) in [6, 6.07) is 15.3. The summed E-state index contributed by atoms with van der Waals surface area (Å²) in [4.78, 5) is 12.5. The zero-order valence-electron chi connectivity index (χ0n) is 15.8. The van der Waals surface area contributed by atoms with Gasteiger partial charge in [0.05, 0.1) is 13.7 Å². The molecule has 7 nitrogen and oxygen atoms in total. The third-order valence-corrected chi connectivity index (χ3v) is 4.61. The molecule has 2 N–H and O–H groups in total. The molecule has 0 unspecified atom stereocenters. The third kappa shape index (κ3) is 4.65. The van der Waals surface area contributed by atoms with Crippen LogP contribution in [0.3, 0.4) is 0 Å². The van der Waals surface area contributed by atoms with E-state index in [0.717, 1.165) is 22.4 Å². The van der Waals surface area contributed by atoms with Gasteiger partial charge in [0.1, 0.15) is 12.3 Å². The summed E-state index contributed by atoms with van der Waals surface area (Å²) < 4.78 is 12.4. The van der Waals surface area contributed by atoms with Crippen LogP contribution in [0.25, 0.3) is 11.4 Å². The van der Waals surface area contributed by atoms with Crippen LogP contribution in [0.2, 0.25) is 0 Å². The Morgan fingerprint density at radius 2 is 1.86 bits per heavy atom. The van der Waals surface area contributed by atoms with Crippen molar-refractivity contribution in [3.8, 4) is 17.1 Å². The maximum absolute atomic E-state index is 12.5. The molecule has 0 spiro atoms. The Balaban J connectivity index is 1.71. The minimum atomic E-state index is -0.153. The molecule has 0 saturated heterocycles. The number of hydrogen-bond acceptors (Lipinski definition) is 5. The van der Waals surface area contributed by atoms with Crippen molar-refractivity contribution in [2.75, 3.05) is 14.2 Å². The van der Waals surface area contributed by atoms with Crippen LogP contribution in [0.15, 0.2) is 48.5 Å². The van der Waals surface area contributed by atoms with E-state index in [4.69, 9.17) is 21.7 Å². The lowest BCUT2D eigenvalue weighted by Crippen LogP contribution is -2.28. The molecule has 0 radical (unpaired) electrons. The normalized spacial score (nSPS) is 10.6. The van der Waals surface area contributed by atoms with Crippen LogP contribution < -0.4 is 10.1 Å². The largest absolute Gasteiger partial charge is 0.497 e. The summed E-state index contributed by atoms with van der Waals surface area (Å²) in [6.45, 7) is 0.991. The van der Waals surface area contributed by atoms with Crippen molar-refractivity contribution in [1.82, 2.24) is 20.1 Å². The zero-order valence-corrected chi connectivity index (χ0v) is 16.6. The number of nitrogens with one attached hydrogen (secondary N) is 2. The van der Waals surface area contributed by atoms with E-state index >= 15 is 0 Å². The summed E-state index contributed by atoms with van der Waals surface area (Å²) in [5.41, 5.74) is 2.90. The van der Waals surface area contributed by atoms with Crippen LogP contribution in [-0.4, -0.2) is 34.9 Å². The molecule has 0 fully saturated rings. The molecule has 1 aromatic heterocycles. The van der Waals surface area contributed by atoms with Crippen LogP contribution in [0, 0.1) is 4.77 Å². The summed E-state index contributed by atoms with van der Waals surface area (Å²) in [5, 5.41) is 9.95. The second-order valence-corrected chi connectivity index (χ2v) is 6.53. The molecular formula is C20H22N4O3S. The van der Waals surface area contributed by atoms with Gasteiger partial charge in [0, 0.05) is 19.2 Å². The van der Waals surface area contributed by atoms with Gasteiger partial charge in [-0.15, -0.1) is 0 Å². The number of carbonyl (C=O) groups excluding carboxylic acids is 1. The molecule has 0 aliphatic rings. The Kier molecular flexibility index (Phi) is 6.57. The molecule has 8 heteroatoms. The molecule has 3 aromatic rings. The van der Waals surface area contributed by atoms with Gasteiger partial charge in [-0.3, -0.25) is 14.5 Å². The number of methoxy groups -OCH3 is 2. The monoisotopic (exact) mass is 398 g/mol. The molecule has 2 aromatic carbocycles. The number of nitrogens with zero attached hydrogens (tertiary/aromatic N) is 2. The van der Waals surface area contributed by atoms with Gasteiger partial charge < -0.3 is 14.8 Å². The Morgan fingerprint density at radius 3 is 2.54 bits per heavy atom. The summed E-state index contributed by atoms with van der Waals surface area (Å²) in [5.74, 6) is 1.19. The maximum Gasteiger partial charge on any atom is 0.240 e. The fourth-order valence-corrected chi connectivity index (χ4v) is 3.04. The first-order chi connectivity index (χ1) is 13.6. The summed E-state index contributed by atoms with van der Waals surface area (Å²) in [6.07, 6.45) is 0. The number of H-pyrrole nitrogens is 1. The highest BCUT2D eigenvalue weighted by atomic mass is 32.1. The van der Waals surface area contributed by atoms with Gasteiger partial charge in [0.25, 0.3) is 0 Å². The molecular weight excluding hydrogens is 376 g/mol. The van der Waals surface area contributed by atoms with Crippen LogP contribution in [-0.2, 0) is 29.2 Å². The predicted octanol–water partition coefficient (Wildman–Crippen LogP) is 3.08. The standard InChI is InChI=1S/C20H22N4O3S/c1-26-13-16-6-4-3-5-15(16)11-21-18(25)12-24-19(22-23-20(24)28)14-7-9-17(27-2)10-8-14/h3-10H,11-13H2,1-2H3,(H,21,25)(H,23,28). The van der Waals surface area contributed by atoms with Crippen molar-refractivity contribution in [2.45, 2.75) is 19.7 Å². The SMILES string of the molecule is COCc1ccccc1CNC(=O)Cn1c(-c2ccc(OC)cc2)n[nH]c1=S. The van der Waals surface area contributed by atoms with Gasteiger partial charge in [-0.25, -0.2) is 0 Å². The van der Waals surface area contributed by atoms with E-state index in [0.29, 0.717) is 23.7 Å². The number of ether oxygens (including phenoxy) is 2. The quantitative estimate of drug-likeness (QED) is 0.570. The fourth-order valence-electron chi connectivity index (χ4n) is 2.84. The molecule has 28 heavy (non-hydrogen) atoms. The lowest BCUT2D eigenvalue weighted by atomic mass is 10.1. The molecule has 0 saturated carbocycles. The van der Waals surface area contributed by atoms with Crippen LogP contribution in [0.4, 0.5) is 0 Å². The second-order valence-electron chi connectivity index (χ2n) is 6.15. The number of hydrogen-bond donors (Lipinski definition) is 2. The van der Waals surface area contributed by atoms with Gasteiger partial charge in [-0.2, -0.15) is 5.10 Å². The minimum Gasteiger partial charge on any atom is -0.497 e. The van der Waals surface area contributed by atoms with E-state index in [9.17, 15) is 4.79 Å². The lowest BCUT2D eigenvalue weighted by Gasteiger charge is -2.11. The van der Waals surface area contributed by atoms with Crippen molar-refractivity contribution >= 4 is 18.1 Å². The average molecular weight is 398 g/mol. The van der Waals surface area contributed by atoms with Gasteiger partial charge in [0.2, 0.25) is 5.91 Å². The van der Waals surface area contributed by atoms with Crippen molar-refractivity contribution in [3.63, 3.8) is 0 Å². The van der Waals surface area contributed by atoms with Crippen LogP contribution in [0.5, 0.6) is 5.75 Å². The smallest absolute Gasteiger partial charge is 0.240 e. The predicted molar refractivity (Wildman–Crippen MR) is 108 cm³/mol. The first-order valence-electron chi connectivity index (χ1n) is 8.74. The van der Waals surface area contributed by atoms with Crippen LogP contribution >= 0.6 is 12.2 Å². The summed E-state index contributed by atoms with van der Waals surface area (Å²) in [7, 11) is 3.26. The second kappa shape index (κ2) is 9.29. The first kappa shape index (κ1) is 19.8. The Labute approximate surface area is 168 Å². The lowest BCUT2D eigenvalue weighted by molar-refractivity contribution is -0.121. The van der Waals surface area contributed by atoms with E-state index in [2.05, 4.69) is 15.5 Å². The third-order valence-electron chi connectivity index (χ3n) is 4.30. The molecule has 1 heterocycles. The van der Waals surface area contributed by atoms with E-state index in [1.807, 2.05) is 48.5 Å². The maximum atomic E-state index is 12.5. The fraction of sp³-hybridized carbons (Fsp3) is 0.250. The Morgan fingerprint density at radius 1 is 1.14 bits per heavy atom. The minimum absolute atomic E-state index is 0.0726. The van der Waals surface area contributed by atoms with Gasteiger partial charge in [-0.05, 0) is 47.6 Å². The number of carbonyl (C=O) groups is 1. The Hall–Kier alpha value is -2.97. The summed E-state index contributed by atoms with van der Waals surface area (Å²) >= 11 is 5.30. The van der Waals surface area contributed by atoms with E-state index in [1.54, 1.807) is 18.8 Å². The van der Waals surface area contributed by atoms with Crippen molar-refractivity contribution in [3.05, 3.63) is 64.4 Å². The molecule has 0 atom stereocenters. The molecule has 1 amide bonds. The van der Waals surface area contributed by atoms with E-state index < -0.39 is 0 Å². The number of rotatable bonds is 8. The van der Waals surface area contributed by atoms with Crippen molar-refractivity contribution < 1.29 is 14.3 Å². The highest BCUT2D eigenvalue weighted by Crippen LogP contribution is 2.20. The highest BCUT2D eigenvalue weighted by molar-refractivity contribution is 7.71. The highest BCUT2D eigenvalue weighted by Gasteiger charge is 2.13. The van der Waals surface area contributed by atoms with E-state index in [-0.39, 0.29) is 12.5 Å². The number of amides is 1. The van der Waals surface area contributed by atoms with Gasteiger partial charge in [-0.1, -0.05) is 24.3 Å². The van der Waals surface area contributed by atoms with Crippen LogP contribution in [0.1, 0.15) is 11.1 Å². The molecule has 3 rings (SSSR count). The molecule has 146 valence electrons. The van der Waals surface area contributed by atoms with Gasteiger partial charge in [0.15, 0.2) is 10.6 Å². The first-order valence-corrected chi connectivity index (χ1v) is 9.15. The molecule has 0 aliphatic heterocycles. The van der Waals surface area contributed by atoms with E-state index in [1.165, 1.54) is 0 Å². The number of aromatic amines is 1. The zero-order chi connectivity index (χ0) is 19.9. The average Bonchev–Trinajstić information content (AvgIpc) is 3.08. The molecule has 0 bridgehead atoms. The van der Waals surface area contributed by atoms with Crippen molar-refractivity contribution in [2.24, 2.45) is 0 Å². The number of aromatic nitrogens is 3. The van der Waals surface area contributed by atoms with Gasteiger partial charge >= 0.3 is 0 Å².